The number of phenolic OH excluding ortho intramolecular Hbond substituents is 1. The van der Waals surface area contributed by atoms with E-state index in [0.717, 1.165) is 22.6 Å². The average molecular weight is 288 g/mol. The number of aryl methyl sites for hydroxylation is 2. The second-order valence-corrected chi connectivity index (χ2v) is 6.08. The number of phenols is 1. The Hall–Kier alpha value is -1.51. The van der Waals surface area contributed by atoms with E-state index in [1.54, 1.807) is 0 Å². The molecule has 0 saturated carbocycles. The molecular formula is C17H18ClNO. The molecule has 2 nitrogen and oxygen atoms in total. The van der Waals surface area contributed by atoms with Gasteiger partial charge in [0.15, 0.2) is 0 Å². The van der Waals surface area contributed by atoms with Gasteiger partial charge in [-0.25, -0.2) is 0 Å². The third kappa shape index (κ3) is 2.00. The molecule has 1 aliphatic carbocycles. The molecule has 3 rings (SSSR count). The summed E-state index contributed by atoms with van der Waals surface area (Å²) in [4.78, 5) is 0. The third-order valence-electron chi connectivity index (χ3n) is 4.35. The van der Waals surface area contributed by atoms with Gasteiger partial charge in [0.05, 0.1) is 0 Å². The molecule has 0 spiro atoms. The van der Waals surface area contributed by atoms with Crippen molar-refractivity contribution in [3.63, 3.8) is 0 Å². The predicted molar refractivity (Wildman–Crippen MR) is 82.4 cm³/mol. The van der Waals surface area contributed by atoms with Crippen LogP contribution in [0.4, 0.5) is 0 Å². The van der Waals surface area contributed by atoms with Gasteiger partial charge in [0.2, 0.25) is 0 Å². The van der Waals surface area contributed by atoms with Crippen LogP contribution in [-0.4, -0.2) is 5.11 Å². The minimum absolute atomic E-state index is 0.162. The summed E-state index contributed by atoms with van der Waals surface area (Å²) in [5.41, 5.74) is 11.8. The van der Waals surface area contributed by atoms with Crippen molar-refractivity contribution in [1.29, 1.82) is 0 Å². The van der Waals surface area contributed by atoms with E-state index in [0.29, 0.717) is 5.75 Å². The number of hydrogen-bond donors (Lipinski definition) is 2. The summed E-state index contributed by atoms with van der Waals surface area (Å²) < 4.78 is 0. The van der Waals surface area contributed by atoms with Gasteiger partial charge >= 0.3 is 0 Å². The van der Waals surface area contributed by atoms with Crippen LogP contribution in [0.1, 0.15) is 39.8 Å². The standard InChI is InChI=1S/C17H18ClNO/c1-9-7-10(2)17(20)15-13(9)8-14(16(15)19)11-3-5-12(18)6-4-11/h3-7,14,16,20H,8,19H2,1-2H3. The highest BCUT2D eigenvalue weighted by Crippen LogP contribution is 2.47. The molecule has 0 radical (unpaired) electrons. The summed E-state index contributed by atoms with van der Waals surface area (Å²) in [6.45, 7) is 4.01. The molecule has 0 amide bonds. The first-order valence-corrected chi connectivity index (χ1v) is 7.20. The summed E-state index contributed by atoms with van der Waals surface area (Å²) in [5.74, 6) is 0.559. The molecule has 0 heterocycles. The van der Waals surface area contributed by atoms with Crippen LogP contribution in [0, 0.1) is 13.8 Å². The van der Waals surface area contributed by atoms with Crippen LogP contribution in [0.25, 0.3) is 0 Å². The molecule has 0 aliphatic heterocycles. The summed E-state index contributed by atoms with van der Waals surface area (Å²) in [6.07, 6.45) is 0.873. The maximum Gasteiger partial charge on any atom is 0.123 e. The summed E-state index contributed by atoms with van der Waals surface area (Å²) >= 11 is 5.94. The second kappa shape index (κ2) is 4.80. The molecule has 3 N–H and O–H groups in total. The number of halogens is 1. The molecule has 1 aliphatic rings. The molecule has 3 heteroatoms. The van der Waals surface area contributed by atoms with Crippen molar-refractivity contribution in [2.75, 3.05) is 0 Å². The van der Waals surface area contributed by atoms with E-state index in [9.17, 15) is 5.11 Å². The van der Waals surface area contributed by atoms with Gasteiger partial charge in [0.25, 0.3) is 0 Å². The normalized spacial score (nSPS) is 21.0. The number of aromatic hydroxyl groups is 1. The lowest BCUT2D eigenvalue weighted by Gasteiger charge is -2.17. The van der Waals surface area contributed by atoms with Crippen molar-refractivity contribution in [2.24, 2.45) is 5.73 Å². The predicted octanol–water partition coefficient (Wildman–Crippen LogP) is 4.00. The molecule has 0 bridgehead atoms. The lowest BCUT2D eigenvalue weighted by molar-refractivity contribution is 0.456. The molecule has 0 aromatic heterocycles. The van der Waals surface area contributed by atoms with E-state index < -0.39 is 0 Å². The fourth-order valence-electron chi connectivity index (χ4n) is 3.26. The van der Waals surface area contributed by atoms with E-state index in [4.69, 9.17) is 17.3 Å². The van der Waals surface area contributed by atoms with E-state index in [2.05, 4.69) is 6.92 Å². The van der Waals surface area contributed by atoms with Crippen LogP contribution in [0.3, 0.4) is 0 Å². The highest BCUT2D eigenvalue weighted by molar-refractivity contribution is 6.30. The number of rotatable bonds is 1. The Morgan fingerprint density at radius 3 is 2.45 bits per heavy atom. The van der Waals surface area contributed by atoms with E-state index in [-0.39, 0.29) is 12.0 Å². The number of hydrogen-bond acceptors (Lipinski definition) is 2. The quantitative estimate of drug-likeness (QED) is 0.833. The lowest BCUT2D eigenvalue weighted by atomic mass is 9.92. The molecule has 2 unspecified atom stereocenters. The maximum absolute atomic E-state index is 10.3. The molecule has 20 heavy (non-hydrogen) atoms. The Bertz CT molecular complexity index is 664. The topological polar surface area (TPSA) is 46.2 Å². The molecule has 2 aromatic rings. The number of nitrogens with two attached hydrogens (primary N) is 1. The fraction of sp³-hybridized carbons (Fsp3) is 0.294. The van der Waals surface area contributed by atoms with E-state index in [1.165, 1.54) is 16.7 Å². The van der Waals surface area contributed by atoms with Gasteiger partial charge in [-0.1, -0.05) is 29.8 Å². The van der Waals surface area contributed by atoms with Crippen molar-refractivity contribution in [3.8, 4) is 5.75 Å². The van der Waals surface area contributed by atoms with Gasteiger partial charge in [-0.15, -0.1) is 0 Å². The highest BCUT2D eigenvalue weighted by Gasteiger charge is 2.34. The molecule has 2 aromatic carbocycles. The van der Waals surface area contributed by atoms with Crippen LogP contribution in [-0.2, 0) is 6.42 Å². The van der Waals surface area contributed by atoms with Gasteiger partial charge in [0, 0.05) is 22.5 Å². The van der Waals surface area contributed by atoms with Gasteiger partial charge in [-0.2, -0.15) is 0 Å². The Morgan fingerprint density at radius 2 is 1.80 bits per heavy atom. The lowest BCUT2D eigenvalue weighted by Crippen LogP contribution is -2.15. The largest absolute Gasteiger partial charge is 0.507 e. The van der Waals surface area contributed by atoms with Crippen molar-refractivity contribution in [2.45, 2.75) is 32.2 Å². The van der Waals surface area contributed by atoms with Crippen LogP contribution in [0.15, 0.2) is 30.3 Å². The first-order valence-electron chi connectivity index (χ1n) is 6.82. The van der Waals surface area contributed by atoms with Crippen LogP contribution in [0.5, 0.6) is 5.75 Å². The van der Waals surface area contributed by atoms with Crippen LogP contribution < -0.4 is 5.73 Å². The van der Waals surface area contributed by atoms with Crippen molar-refractivity contribution >= 4 is 11.6 Å². The van der Waals surface area contributed by atoms with Crippen molar-refractivity contribution < 1.29 is 5.11 Å². The summed E-state index contributed by atoms with van der Waals surface area (Å²) in [5, 5.41) is 11.1. The van der Waals surface area contributed by atoms with Gasteiger partial charge in [-0.05, 0) is 54.7 Å². The first kappa shape index (κ1) is 13.5. The van der Waals surface area contributed by atoms with Crippen LogP contribution in [0.2, 0.25) is 5.02 Å². The Kier molecular flexibility index (Phi) is 3.23. The van der Waals surface area contributed by atoms with Gasteiger partial charge in [0.1, 0.15) is 5.75 Å². The number of fused-ring (bicyclic) bond motifs is 1. The molecule has 2 atom stereocenters. The molecule has 0 saturated heterocycles. The van der Waals surface area contributed by atoms with Gasteiger partial charge < -0.3 is 10.8 Å². The monoisotopic (exact) mass is 287 g/mol. The number of benzene rings is 2. The molecule has 0 fully saturated rings. The zero-order valence-corrected chi connectivity index (χ0v) is 12.4. The zero-order valence-electron chi connectivity index (χ0n) is 11.7. The zero-order chi connectivity index (χ0) is 14.4. The van der Waals surface area contributed by atoms with E-state index in [1.807, 2.05) is 37.3 Å². The molecular weight excluding hydrogens is 270 g/mol. The van der Waals surface area contributed by atoms with Crippen molar-refractivity contribution in [3.05, 3.63) is 63.2 Å². The SMILES string of the molecule is Cc1cc(C)c2c(c1O)C(N)C(c1ccc(Cl)cc1)C2. The Labute approximate surface area is 124 Å². The van der Waals surface area contributed by atoms with Crippen LogP contribution >= 0.6 is 11.6 Å². The summed E-state index contributed by atoms with van der Waals surface area (Å²) in [7, 11) is 0. The van der Waals surface area contributed by atoms with E-state index >= 15 is 0 Å². The Balaban J connectivity index is 2.06. The average Bonchev–Trinajstić information content (AvgIpc) is 2.76. The maximum atomic E-state index is 10.3. The fourth-order valence-corrected chi connectivity index (χ4v) is 3.39. The Morgan fingerprint density at radius 1 is 1.15 bits per heavy atom. The second-order valence-electron chi connectivity index (χ2n) is 5.64. The highest BCUT2D eigenvalue weighted by atomic mass is 35.5. The smallest absolute Gasteiger partial charge is 0.123 e. The minimum atomic E-state index is -0.162. The molecule has 104 valence electrons. The minimum Gasteiger partial charge on any atom is -0.507 e. The van der Waals surface area contributed by atoms with Gasteiger partial charge in [-0.3, -0.25) is 0 Å². The third-order valence-corrected chi connectivity index (χ3v) is 4.60. The first-order chi connectivity index (χ1) is 9.49. The summed E-state index contributed by atoms with van der Waals surface area (Å²) in [6, 6.07) is 9.71. The van der Waals surface area contributed by atoms with Crippen molar-refractivity contribution in [1.82, 2.24) is 0 Å².